The zero-order chi connectivity index (χ0) is 21.2. The number of amides is 2. The van der Waals surface area contributed by atoms with Gasteiger partial charge in [0.2, 0.25) is 0 Å². The van der Waals surface area contributed by atoms with E-state index in [1.165, 1.54) is 13.8 Å². The van der Waals surface area contributed by atoms with E-state index in [-0.39, 0.29) is 17.6 Å². The van der Waals surface area contributed by atoms with Crippen LogP contribution in [0.5, 0.6) is 0 Å². The Bertz CT molecular complexity index is 1050. The molecule has 4 rings (SSSR count). The number of hydrogen-bond donors (Lipinski definition) is 0. The summed E-state index contributed by atoms with van der Waals surface area (Å²) in [7, 11) is 1.74. The van der Waals surface area contributed by atoms with E-state index in [2.05, 4.69) is 0 Å². The molecule has 2 aromatic rings. The second-order valence-electron chi connectivity index (χ2n) is 8.38. The van der Waals surface area contributed by atoms with Gasteiger partial charge in [0.05, 0.1) is 0 Å². The van der Waals surface area contributed by atoms with Crippen molar-refractivity contribution in [3.8, 4) is 0 Å². The van der Waals surface area contributed by atoms with Crippen LogP contribution in [0.15, 0.2) is 71.6 Å². The topological polar surface area (TPSA) is 57.7 Å². The molecule has 1 saturated heterocycles. The Balaban J connectivity index is 2.26. The summed E-state index contributed by atoms with van der Waals surface area (Å²) in [6.07, 6.45) is 0. The third-order valence-electron chi connectivity index (χ3n) is 6.56. The summed E-state index contributed by atoms with van der Waals surface area (Å²) in [5.41, 5.74) is 0.918. The van der Waals surface area contributed by atoms with Gasteiger partial charge in [-0.2, -0.15) is 0 Å². The number of rotatable bonds is 4. The molecule has 0 N–H and O–H groups in total. The van der Waals surface area contributed by atoms with Gasteiger partial charge in [-0.25, -0.2) is 0 Å². The van der Waals surface area contributed by atoms with Crippen LogP contribution in [0.1, 0.15) is 25.0 Å². The van der Waals surface area contributed by atoms with E-state index in [0.717, 1.165) is 11.1 Å². The van der Waals surface area contributed by atoms with E-state index < -0.39 is 12.4 Å². The van der Waals surface area contributed by atoms with E-state index in [9.17, 15) is 14.4 Å². The van der Waals surface area contributed by atoms with E-state index in [1.807, 2.05) is 78.7 Å². The Kier molecular flexibility index (Phi) is 3.95. The molecule has 0 unspecified atom stereocenters. The molecule has 2 aliphatic rings. The predicted octanol–water partition coefficient (Wildman–Crippen LogP) is 4.39. The molecule has 0 spiro atoms. The number of benzene rings is 2. The van der Waals surface area contributed by atoms with Gasteiger partial charge in [0, 0.05) is 0 Å². The summed E-state index contributed by atoms with van der Waals surface area (Å²) < 4.78 is 3.54. The average Bonchev–Trinajstić information content (AvgIpc) is 2.89. The van der Waals surface area contributed by atoms with Gasteiger partial charge in [-0.05, 0) is 0 Å². The molecule has 0 aliphatic carbocycles. The van der Waals surface area contributed by atoms with Gasteiger partial charge >= 0.3 is 171 Å². The first-order valence-corrected chi connectivity index (χ1v) is 12.6. The quantitative estimate of drug-likeness (QED) is 0.706. The predicted molar refractivity (Wildman–Crippen MR) is 116 cm³/mol. The van der Waals surface area contributed by atoms with Crippen LogP contribution in [0, 0.1) is 0 Å². The molecule has 2 heterocycles. The van der Waals surface area contributed by atoms with Gasteiger partial charge in [-0.15, -0.1) is 0 Å². The molecule has 150 valence electrons. The summed E-state index contributed by atoms with van der Waals surface area (Å²) in [5.74, 6) is -0.345. The Morgan fingerprint density at radius 3 is 1.66 bits per heavy atom. The van der Waals surface area contributed by atoms with E-state index in [1.54, 1.807) is 11.7 Å². The second kappa shape index (κ2) is 5.87. The molecule has 2 aromatic carbocycles. The summed E-state index contributed by atoms with van der Waals surface area (Å²) in [6.45, 7) is 3.64. The fourth-order valence-corrected chi connectivity index (χ4v) is 10.3. The number of carbonyl (C=O) groups is 3. The van der Waals surface area contributed by atoms with Gasteiger partial charge in [-0.1, -0.05) is 0 Å². The normalized spacial score (nSPS) is 22.4. The maximum absolute atomic E-state index is 13.4. The van der Waals surface area contributed by atoms with Crippen LogP contribution in [0.4, 0.5) is 4.79 Å². The summed E-state index contributed by atoms with van der Waals surface area (Å²) >= 11 is 0. The monoisotopic (exact) mass is 408 g/mol. The zero-order valence-electron chi connectivity index (χ0n) is 17.3. The minimum absolute atomic E-state index is 0.157. The molecular formula is C23H25N2O3P. The van der Waals surface area contributed by atoms with Crippen LogP contribution in [-0.4, -0.2) is 47.3 Å². The number of fused-ring (bicyclic) bond motifs is 1. The Morgan fingerprint density at radius 1 is 0.828 bits per heavy atom. The molecule has 0 radical (unpaired) electrons. The molecule has 5 nitrogen and oxygen atoms in total. The van der Waals surface area contributed by atoms with E-state index in [4.69, 9.17) is 0 Å². The van der Waals surface area contributed by atoms with Crippen LogP contribution in [0.2, 0.25) is 0 Å². The number of Topliss-reactive ketones (excluding diaryl/α,β-unsaturated/α-hetero) is 2. The van der Waals surface area contributed by atoms with Crippen molar-refractivity contribution in [3.63, 3.8) is 0 Å². The third kappa shape index (κ3) is 2.06. The fourth-order valence-electron chi connectivity index (χ4n) is 5.29. The standard InChI is InChI=1S/C23H25N2O3P/c1-16(26)20-21(17(2)27)29(4,5)24(3)22(28)25(29)23(20,18-12-8-6-9-13-18)19-14-10-7-11-15-19/h6-15H,1-5H3. The van der Waals surface area contributed by atoms with Crippen LogP contribution in [0.3, 0.4) is 0 Å². The van der Waals surface area contributed by atoms with Crippen molar-refractivity contribution in [1.82, 2.24) is 9.34 Å². The van der Waals surface area contributed by atoms with Gasteiger partial charge in [0.15, 0.2) is 0 Å². The van der Waals surface area contributed by atoms with Crippen LogP contribution >= 0.6 is 6.90 Å². The summed E-state index contributed by atoms with van der Waals surface area (Å²) in [6, 6.07) is 19.0. The number of hydrogen-bond acceptors (Lipinski definition) is 3. The van der Waals surface area contributed by atoms with Crippen molar-refractivity contribution in [2.45, 2.75) is 19.4 Å². The van der Waals surface area contributed by atoms with Crippen molar-refractivity contribution in [2.24, 2.45) is 0 Å². The third-order valence-corrected chi connectivity index (χ3v) is 12.0. The Hall–Kier alpha value is -2.78. The molecule has 0 bridgehead atoms. The second-order valence-corrected chi connectivity index (χ2v) is 13.8. The molecule has 2 amide bonds. The molecular weight excluding hydrogens is 383 g/mol. The first-order chi connectivity index (χ1) is 13.6. The first-order valence-electron chi connectivity index (χ1n) is 9.57. The van der Waals surface area contributed by atoms with Gasteiger partial charge in [0.1, 0.15) is 0 Å². The van der Waals surface area contributed by atoms with Crippen molar-refractivity contribution < 1.29 is 14.4 Å². The average molecular weight is 408 g/mol. The maximum atomic E-state index is 13.4. The minimum atomic E-state index is -3.33. The number of nitrogens with zero attached hydrogens (tertiary/aromatic N) is 2. The van der Waals surface area contributed by atoms with Crippen molar-refractivity contribution in [3.05, 3.63) is 82.7 Å². The number of ketones is 2. The van der Waals surface area contributed by atoms with Gasteiger partial charge in [0.25, 0.3) is 0 Å². The summed E-state index contributed by atoms with van der Waals surface area (Å²) in [5, 5.41) is 0.498. The van der Waals surface area contributed by atoms with E-state index in [0.29, 0.717) is 10.9 Å². The first kappa shape index (κ1) is 19.5. The Labute approximate surface area is 171 Å². The van der Waals surface area contributed by atoms with Crippen molar-refractivity contribution in [2.75, 3.05) is 20.4 Å². The van der Waals surface area contributed by atoms with Crippen molar-refractivity contribution in [1.29, 1.82) is 0 Å². The number of allylic oxidation sites excluding steroid dienone is 1. The molecule has 6 heteroatoms. The van der Waals surface area contributed by atoms with Crippen LogP contribution in [-0.2, 0) is 15.1 Å². The molecule has 0 aromatic heterocycles. The fraction of sp³-hybridized carbons (Fsp3) is 0.261. The van der Waals surface area contributed by atoms with Crippen LogP contribution < -0.4 is 0 Å². The molecule has 2 aliphatic heterocycles. The SMILES string of the molecule is CC(=O)C1=C(C(C)=O)P2(C)(C)N(C)C(=O)N2C1(c1ccccc1)c1ccccc1. The van der Waals surface area contributed by atoms with Gasteiger partial charge < -0.3 is 0 Å². The zero-order valence-corrected chi connectivity index (χ0v) is 18.2. The summed E-state index contributed by atoms with van der Waals surface area (Å²) in [4.78, 5) is 39.6. The van der Waals surface area contributed by atoms with Crippen molar-refractivity contribution >= 4 is 24.5 Å². The number of urea groups is 1. The molecule has 29 heavy (non-hydrogen) atoms. The molecule has 1 fully saturated rings. The van der Waals surface area contributed by atoms with Gasteiger partial charge in [-0.3, -0.25) is 0 Å². The molecule has 0 atom stereocenters. The number of carbonyl (C=O) groups excluding carboxylic acids is 3. The van der Waals surface area contributed by atoms with E-state index >= 15 is 0 Å². The van der Waals surface area contributed by atoms with Crippen LogP contribution in [0.25, 0.3) is 0 Å². The Morgan fingerprint density at radius 2 is 1.28 bits per heavy atom. The molecule has 0 saturated carbocycles.